The maximum absolute atomic E-state index is 10.1. The molecule has 118 valence electrons. The van der Waals surface area contributed by atoms with Crippen LogP contribution in [-0.4, -0.2) is 56.5 Å². The van der Waals surface area contributed by atoms with Gasteiger partial charge in [0.25, 0.3) is 0 Å². The van der Waals surface area contributed by atoms with Crippen molar-refractivity contribution in [2.24, 2.45) is 5.92 Å². The normalized spacial score (nSPS) is 22.3. The molecule has 0 spiro atoms. The largest absolute Gasteiger partial charge is 0.394 e. The number of hydrogen-bond acceptors (Lipinski definition) is 4. The molecule has 2 rings (SSSR count). The molecule has 2 unspecified atom stereocenters. The summed E-state index contributed by atoms with van der Waals surface area (Å²) in [7, 11) is 1.77. The van der Waals surface area contributed by atoms with Crippen LogP contribution in [0.5, 0.6) is 0 Å². The van der Waals surface area contributed by atoms with Crippen LogP contribution in [0.15, 0.2) is 30.3 Å². The smallest absolute Gasteiger partial charge is 0.0797 e. The summed E-state index contributed by atoms with van der Waals surface area (Å²) in [5.41, 5.74) is 0.780. The highest BCUT2D eigenvalue weighted by molar-refractivity contribution is 5.25. The first kappa shape index (κ1) is 16.4. The van der Waals surface area contributed by atoms with Crippen molar-refractivity contribution in [3.05, 3.63) is 35.9 Å². The van der Waals surface area contributed by atoms with E-state index in [1.165, 1.54) is 6.42 Å². The monoisotopic (exact) mass is 292 g/mol. The van der Waals surface area contributed by atoms with Crippen molar-refractivity contribution in [2.45, 2.75) is 18.9 Å². The second kappa shape index (κ2) is 7.90. The molecule has 1 heterocycles. The highest BCUT2D eigenvalue weighted by atomic mass is 16.5. The number of hydrogen-bond donors (Lipinski definition) is 2. The molecule has 1 aromatic rings. The zero-order valence-corrected chi connectivity index (χ0v) is 13.2. The molecule has 0 amide bonds. The van der Waals surface area contributed by atoms with Gasteiger partial charge in [-0.25, -0.2) is 0 Å². The first-order chi connectivity index (χ1) is 10.2. The summed E-state index contributed by atoms with van der Waals surface area (Å²) in [5.74, 6) is 0.615. The quantitative estimate of drug-likeness (QED) is 0.761. The van der Waals surface area contributed by atoms with E-state index in [2.05, 4.69) is 29.3 Å². The third-order valence-electron chi connectivity index (χ3n) is 4.38. The summed E-state index contributed by atoms with van der Waals surface area (Å²) < 4.78 is 5.27. The minimum Gasteiger partial charge on any atom is -0.394 e. The van der Waals surface area contributed by atoms with E-state index in [4.69, 9.17) is 4.74 Å². The number of methoxy groups -OCH3 is 1. The molecular formula is C17H28N2O2. The lowest BCUT2D eigenvalue weighted by Gasteiger charge is -2.37. The summed E-state index contributed by atoms with van der Waals surface area (Å²) in [4.78, 5) is 2.44. The lowest BCUT2D eigenvalue weighted by molar-refractivity contribution is 0.110. The highest BCUT2D eigenvalue weighted by Crippen LogP contribution is 2.26. The van der Waals surface area contributed by atoms with Gasteiger partial charge in [0.1, 0.15) is 0 Å². The van der Waals surface area contributed by atoms with E-state index in [0.717, 1.165) is 38.3 Å². The average Bonchev–Trinajstić information content (AvgIpc) is 2.95. The Morgan fingerprint density at radius 2 is 2.14 bits per heavy atom. The summed E-state index contributed by atoms with van der Waals surface area (Å²) in [5, 5.41) is 13.6. The molecule has 21 heavy (non-hydrogen) atoms. The average molecular weight is 292 g/mol. The van der Waals surface area contributed by atoms with Crippen LogP contribution in [0.2, 0.25) is 0 Å². The fourth-order valence-electron chi connectivity index (χ4n) is 3.35. The Kier molecular flexibility index (Phi) is 6.18. The minimum absolute atomic E-state index is 0.107. The number of benzene rings is 1. The number of aliphatic hydroxyl groups excluding tert-OH is 1. The van der Waals surface area contributed by atoms with Crippen LogP contribution in [0.1, 0.15) is 18.9 Å². The van der Waals surface area contributed by atoms with Gasteiger partial charge in [0, 0.05) is 20.2 Å². The van der Waals surface area contributed by atoms with E-state index in [-0.39, 0.29) is 12.1 Å². The Bertz CT molecular complexity index is 413. The third kappa shape index (κ3) is 4.04. The Labute approximate surface area is 128 Å². The van der Waals surface area contributed by atoms with Crippen molar-refractivity contribution in [1.29, 1.82) is 0 Å². The van der Waals surface area contributed by atoms with Gasteiger partial charge in [-0.15, -0.1) is 0 Å². The lowest BCUT2D eigenvalue weighted by atomic mass is 9.90. The van der Waals surface area contributed by atoms with E-state index in [1.807, 2.05) is 18.2 Å². The van der Waals surface area contributed by atoms with E-state index in [1.54, 1.807) is 7.11 Å². The number of nitrogens with zero attached hydrogens (tertiary/aromatic N) is 1. The second-order valence-corrected chi connectivity index (χ2v) is 5.98. The molecule has 2 N–H and O–H groups in total. The summed E-state index contributed by atoms with van der Waals surface area (Å²) in [6.45, 7) is 6.82. The molecular weight excluding hydrogens is 264 g/mol. The van der Waals surface area contributed by atoms with Crippen LogP contribution >= 0.6 is 0 Å². The van der Waals surface area contributed by atoms with Crippen molar-refractivity contribution in [3.63, 3.8) is 0 Å². The van der Waals surface area contributed by atoms with Crippen molar-refractivity contribution in [1.82, 2.24) is 10.2 Å². The summed E-state index contributed by atoms with van der Waals surface area (Å²) >= 11 is 0. The first-order valence-corrected chi connectivity index (χ1v) is 7.87. The number of nitrogens with one attached hydrogen (secondary N) is 1. The predicted octanol–water partition coefficient (Wildman–Crippen LogP) is 1.45. The SMILES string of the molecule is CCNC(CO)(CN1CCC(COC)C1)c1ccccc1. The first-order valence-electron chi connectivity index (χ1n) is 7.87. The molecule has 1 aliphatic rings. The maximum atomic E-state index is 10.1. The number of aliphatic hydroxyl groups is 1. The van der Waals surface area contributed by atoms with Crippen LogP contribution in [0, 0.1) is 5.92 Å². The van der Waals surface area contributed by atoms with Crippen LogP contribution in [0.4, 0.5) is 0 Å². The molecule has 0 aliphatic carbocycles. The van der Waals surface area contributed by atoms with E-state index in [9.17, 15) is 5.11 Å². The summed E-state index contributed by atoms with van der Waals surface area (Å²) in [6.07, 6.45) is 1.18. The van der Waals surface area contributed by atoms with Crippen molar-refractivity contribution < 1.29 is 9.84 Å². The molecule has 1 fully saturated rings. The van der Waals surface area contributed by atoms with Gasteiger partial charge in [0.15, 0.2) is 0 Å². The highest BCUT2D eigenvalue weighted by Gasteiger charge is 2.35. The Balaban J connectivity index is 2.10. The molecule has 0 bridgehead atoms. The summed E-state index contributed by atoms with van der Waals surface area (Å²) in [6, 6.07) is 10.3. The maximum Gasteiger partial charge on any atom is 0.0797 e. The van der Waals surface area contributed by atoms with Crippen molar-refractivity contribution in [3.8, 4) is 0 Å². The standard InChI is InChI=1S/C17H28N2O2/c1-3-18-17(14-20,16-7-5-4-6-8-16)13-19-10-9-15(11-19)12-21-2/h4-8,15,18,20H,3,9-14H2,1-2H3. The van der Waals surface area contributed by atoms with Crippen LogP contribution < -0.4 is 5.32 Å². The second-order valence-electron chi connectivity index (χ2n) is 5.98. The Morgan fingerprint density at radius 1 is 1.38 bits per heavy atom. The Morgan fingerprint density at radius 3 is 2.76 bits per heavy atom. The van der Waals surface area contributed by atoms with E-state index < -0.39 is 0 Å². The third-order valence-corrected chi connectivity index (χ3v) is 4.38. The van der Waals surface area contributed by atoms with Gasteiger partial charge >= 0.3 is 0 Å². The molecule has 0 saturated carbocycles. The number of likely N-dealkylation sites (N-methyl/N-ethyl adjacent to an activating group) is 1. The molecule has 0 aromatic heterocycles. The minimum atomic E-state index is -0.377. The fraction of sp³-hybridized carbons (Fsp3) is 0.647. The van der Waals surface area contributed by atoms with Gasteiger partial charge in [0.2, 0.25) is 0 Å². The molecule has 1 aliphatic heterocycles. The molecule has 4 nitrogen and oxygen atoms in total. The zero-order valence-electron chi connectivity index (χ0n) is 13.2. The zero-order chi connectivity index (χ0) is 15.1. The Hall–Kier alpha value is -0.940. The van der Waals surface area contributed by atoms with Crippen LogP contribution in [0.3, 0.4) is 0 Å². The fourth-order valence-corrected chi connectivity index (χ4v) is 3.35. The molecule has 1 aromatic carbocycles. The van der Waals surface area contributed by atoms with Crippen molar-refractivity contribution >= 4 is 0 Å². The molecule has 0 radical (unpaired) electrons. The van der Waals surface area contributed by atoms with Crippen LogP contribution in [0.25, 0.3) is 0 Å². The number of rotatable bonds is 8. The van der Waals surface area contributed by atoms with Gasteiger partial charge in [-0.3, -0.25) is 0 Å². The lowest BCUT2D eigenvalue weighted by Crippen LogP contribution is -2.53. The van der Waals surface area contributed by atoms with E-state index in [0.29, 0.717) is 5.92 Å². The molecule has 2 atom stereocenters. The predicted molar refractivity (Wildman–Crippen MR) is 85.3 cm³/mol. The van der Waals surface area contributed by atoms with Gasteiger partial charge in [-0.1, -0.05) is 37.3 Å². The molecule has 1 saturated heterocycles. The number of likely N-dealkylation sites (tertiary alicyclic amines) is 1. The topological polar surface area (TPSA) is 44.7 Å². The number of ether oxygens (including phenoxy) is 1. The van der Waals surface area contributed by atoms with Gasteiger partial charge in [-0.2, -0.15) is 0 Å². The van der Waals surface area contributed by atoms with Gasteiger partial charge in [0.05, 0.1) is 18.8 Å². The van der Waals surface area contributed by atoms with Crippen LogP contribution in [-0.2, 0) is 10.3 Å². The molecule has 4 heteroatoms. The van der Waals surface area contributed by atoms with E-state index >= 15 is 0 Å². The van der Waals surface area contributed by atoms with Crippen molar-refractivity contribution in [2.75, 3.05) is 46.5 Å². The van der Waals surface area contributed by atoms with Gasteiger partial charge in [-0.05, 0) is 31.0 Å². The van der Waals surface area contributed by atoms with Gasteiger partial charge < -0.3 is 20.1 Å².